The summed E-state index contributed by atoms with van der Waals surface area (Å²) in [6.45, 7) is 1.14. The van der Waals surface area contributed by atoms with Crippen LogP contribution >= 0.6 is 0 Å². The van der Waals surface area contributed by atoms with Crippen LogP contribution in [0.3, 0.4) is 0 Å². The molecule has 146 valence electrons. The molecule has 0 saturated carbocycles. The standard InChI is InChI=1S/C21H22N2O5/c24-12-18-11-23(21(26)28-18)17-6-7-19-16(10-17)8-9-22(19)20(25)14-27-13-15-4-2-1-3-5-15/h1-7,10,18,24H,8-9,11-14H2. The fourth-order valence-electron chi connectivity index (χ4n) is 3.55. The molecule has 2 heterocycles. The van der Waals surface area contributed by atoms with Crippen LogP contribution in [0.15, 0.2) is 48.5 Å². The first kappa shape index (κ1) is 18.5. The molecule has 2 amide bonds. The van der Waals surface area contributed by atoms with Crippen molar-refractivity contribution in [1.82, 2.24) is 0 Å². The zero-order valence-electron chi connectivity index (χ0n) is 15.4. The first-order valence-corrected chi connectivity index (χ1v) is 9.29. The van der Waals surface area contributed by atoms with E-state index in [2.05, 4.69) is 0 Å². The quantitative estimate of drug-likeness (QED) is 0.828. The summed E-state index contributed by atoms with van der Waals surface area (Å²) in [5.74, 6) is -0.0802. The van der Waals surface area contributed by atoms with Crippen molar-refractivity contribution in [3.63, 3.8) is 0 Å². The molecule has 7 heteroatoms. The van der Waals surface area contributed by atoms with E-state index in [1.54, 1.807) is 11.0 Å². The molecule has 7 nitrogen and oxygen atoms in total. The molecule has 0 radical (unpaired) electrons. The predicted octanol–water partition coefficient (Wildman–Crippen LogP) is 2.11. The first-order chi connectivity index (χ1) is 13.7. The summed E-state index contributed by atoms with van der Waals surface area (Å²) in [6, 6.07) is 15.3. The largest absolute Gasteiger partial charge is 0.441 e. The molecule has 0 spiro atoms. The molecule has 1 saturated heterocycles. The second-order valence-electron chi connectivity index (χ2n) is 6.89. The Kier molecular flexibility index (Phi) is 5.27. The average molecular weight is 382 g/mol. The fourth-order valence-corrected chi connectivity index (χ4v) is 3.55. The summed E-state index contributed by atoms with van der Waals surface area (Å²) >= 11 is 0. The number of anilines is 2. The Morgan fingerprint density at radius 1 is 1.21 bits per heavy atom. The van der Waals surface area contributed by atoms with Gasteiger partial charge in [0.2, 0.25) is 0 Å². The van der Waals surface area contributed by atoms with Crippen LogP contribution in [0.4, 0.5) is 16.2 Å². The average Bonchev–Trinajstić information content (AvgIpc) is 3.31. The van der Waals surface area contributed by atoms with Crippen LogP contribution in [0.25, 0.3) is 0 Å². The number of cyclic esters (lactones) is 1. The van der Waals surface area contributed by atoms with E-state index in [0.29, 0.717) is 25.4 Å². The van der Waals surface area contributed by atoms with Crippen LogP contribution in [0.1, 0.15) is 11.1 Å². The Balaban J connectivity index is 1.39. The molecular formula is C21H22N2O5. The molecule has 2 aliphatic rings. The number of rotatable bonds is 6. The van der Waals surface area contributed by atoms with Crippen LogP contribution in [0.5, 0.6) is 0 Å². The van der Waals surface area contributed by atoms with Crippen molar-refractivity contribution >= 4 is 23.4 Å². The molecule has 2 aromatic rings. The van der Waals surface area contributed by atoms with Crippen molar-refractivity contribution in [2.24, 2.45) is 0 Å². The minimum atomic E-state index is -0.499. The van der Waals surface area contributed by atoms with Gasteiger partial charge in [0, 0.05) is 17.9 Å². The van der Waals surface area contributed by atoms with E-state index in [1.807, 2.05) is 42.5 Å². The zero-order valence-corrected chi connectivity index (χ0v) is 15.4. The van der Waals surface area contributed by atoms with E-state index >= 15 is 0 Å². The molecule has 1 unspecified atom stereocenters. The highest BCUT2D eigenvalue weighted by molar-refractivity contribution is 5.97. The SMILES string of the molecule is O=C1OC(CO)CN1c1ccc2c(c1)CCN2C(=O)COCc1ccccc1. The summed E-state index contributed by atoms with van der Waals surface area (Å²) in [4.78, 5) is 27.8. The summed E-state index contributed by atoms with van der Waals surface area (Å²) < 4.78 is 10.7. The third kappa shape index (κ3) is 3.72. The monoisotopic (exact) mass is 382 g/mol. The van der Waals surface area contributed by atoms with Crippen molar-refractivity contribution in [2.75, 3.05) is 36.1 Å². The van der Waals surface area contributed by atoms with Crippen LogP contribution < -0.4 is 9.80 Å². The molecular weight excluding hydrogens is 360 g/mol. The van der Waals surface area contributed by atoms with E-state index in [0.717, 1.165) is 23.2 Å². The van der Waals surface area contributed by atoms with Crippen LogP contribution in [-0.4, -0.2) is 49.5 Å². The second kappa shape index (κ2) is 8.00. The normalized spacial score (nSPS) is 18.3. The third-order valence-electron chi connectivity index (χ3n) is 4.99. The Hall–Kier alpha value is -2.90. The highest BCUT2D eigenvalue weighted by Crippen LogP contribution is 2.33. The fraction of sp³-hybridized carbons (Fsp3) is 0.333. The number of carbonyl (C=O) groups excluding carboxylic acids is 2. The lowest BCUT2D eigenvalue weighted by atomic mass is 10.1. The molecule has 2 aromatic carbocycles. The number of carbonyl (C=O) groups is 2. The number of aliphatic hydroxyl groups excluding tert-OH is 1. The zero-order chi connectivity index (χ0) is 19.5. The molecule has 1 N–H and O–H groups in total. The number of nitrogens with zero attached hydrogens (tertiary/aromatic N) is 2. The smallest absolute Gasteiger partial charge is 0.414 e. The minimum Gasteiger partial charge on any atom is -0.441 e. The van der Waals surface area contributed by atoms with Crippen molar-refractivity contribution in [3.05, 3.63) is 59.7 Å². The van der Waals surface area contributed by atoms with E-state index in [9.17, 15) is 14.7 Å². The topological polar surface area (TPSA) is 79.3 Å². The predicted molar refractivity (Wildman–Crippen MR) is 103 cm³/mol. The molecule has 4 rings (SSSR count). The van der Waals surface area contributed by atoms with E-state index < -0.39 is 12.2 Å². The summed E-state index contributed by atoms with van der Waals surface area (Å²) in [5.41, 5.74) is 3.60. The molecule has 0 aromatic heterocycles. The van der Waals surface area contributed by atoms with Crippen LogP contribution in [-0.2, 0) is 27.3 Å². The maximum Gasteiger partial charge on any atom is 0.414 e. The van der Waals surface area contributed by atoms with Crippen LogP contribution in [0.2, 0.25) is 0 Å². The number of aliphatic hydroxyl groups is 1. The molecule has 28 heavy (non-hydrogen) atoms. The number of hydrogen-bond donors (Lipinski definition) is 1. The Bertz CT molecular complexity index is 870. The lowest BCUT2D eigenvalue weighted by molar-refractivity contribution is -0.123. The highest BCUT2D eigenvalue weighted by Gasteiger charge is 2.33. The molecule has 2 aliphatic heterocycles. The van der Waals surface area contributed by atoms with Gasteiger partial charge in [0.25, 0.3) is 5.91 Å². The first-order valence-electron chi connectivity index (χ1n) is 9.29. The third-order valence-corrected chi connectivity index (χ3v) is 4.99. The van der Waals surface area contributed by atoms with Gasteiger partial charge in [-0.3, -0.25) is 9.69 Å². The Morgan fingerprint density at radius 2 is 2.04 bits per heavy atom. The number of amides is 2. The van der Waals surface area contributed by atoms with E-state index in [1.165, 1.54) is 4.90 Å². The van der Waals surface area contributed by atoms with Crippen molar-refractivity contribution in [3.8, 4) is 0 Å². The maximum atomic E-state index is 12.6. The Labute approximate surface area is 163 Å². The molecule has 0 aliphatic carbocycles. The number of benzene rings is 2. The number of ether oxygens (including phenoxy) is 2. The summed E-state index contributed by atoms with van der Waals surface area (Å²) in [7, 11) is 0. The van der Waals surface area contributed by atoms with Gasteiger partial charge in [-0.25, -0.2) is 4.79 Å². The van der Waals surface area contributed by atoms with Gasteiger partial charge in [0.1, 0.15) is 12.7 Å². The van der Waals surface area contributed by atoms with Crippen molar-refractivity contribution in [1.29, 1.82) is 0 Å². The number of fused-ring (bicyclic) bond motifs is 1. The van der Waals surface area contributed by atoms with Gasteiger partial charge in [0.15, 0.2) is 0 Å². The molecule has 1 fully saturated rings. The lowest BCUT2D eigenvalue weighted by Gasteiger charge is -2.19. The van der Waals surface area contributed by atoms with E-state index in [4.69, 9.17) is 9.47 Å². The second-order valence-corrected chi connectivity index (χ2v) is 6.89. The number of hydrogen-bond acceptors (Lipinski definition) is 5. The highest BCUT2D eigenvalue weighted by atomic mass is 16.6. The molecule has 1 atom stereocenters. The summed E-state index contributed by atoms with van der Waals surface area (Å²) in [5, 5.41) is 9.18. The summed E-state index contributed by atoms with van der Waals surface area (Å²) in [6.07, 6.45) is -0.236. The Morgan fingerprint density at radius 3 is 2.79 bits per heavy atom. The molecule has 0 bridgehead atoms. The maximum absolute atomic E-state index is 12.6. The van der Waals surface area contributed by atoms with E-state index in [-0.39, 0.29) is 19.1 Å². The van der Waals surface area contributed by atoms with Gasteiger partial charge in [0.05, 0.1) is 19.8 Å². The van der Waals surface area contributed by atoms with Crippen LogP contribution in [0, 0.1) is 0 Å². The minimum absolute atomic E-state index is 0.0206. The van der Waals surface area contributed by atoms with Gasteiger partial charge in [-0.05, 0) is 35.7 Å². The van der Waals surface area contributed by atoms with Gasteiger partial charge in [-0.2, -0.15) is 0 Å². The van der Waals surface area contributed by atoms with Gasteiger partial charge < -0.3 is 19.5 Å². The van der Waals surface area contributed by atoms with Gasteiger partial charge in [-0.1, -0.05) is 30.3 Å². The van der Waals surface area contributed by atoms with Gasteiger partial charge in [-0.15, -0.1) is 0 Å². The lowest BCUT2D eigenvalue weighted by Crippen LogP contribution is -2.32. The van der Waals surface area contributed by atoms with Gasteiger partial charge >= 0.3 is 6.09 Å². The van der Waals surface area contributed by atoms with Crippen molar-refractivity contribution in [2.45, 2.75) is 19.1 Å². The van der Waals surface area contributed by atoms with Crippen molar-refractivity contribution < 1.29 is 24.2 Å².